The summed E-state index contributed by atoms with van der Waals surface area (Å²) >= 11 is 14.2. The van der Waals surface area contributed by atoms with Crippen molar-refractivity contribution < 1.29 is 37.0 Å². The van der Waals surface area contributed by atoms with Gasteiger partial charge in [-0.05, 0) is 28.4 Å². The Balaban J connectivity index is 0.000000154. The predicted molar refractivity (Wildman–Crippen MR) is 248 cm³/mol. The van der Waals surface area contributed by atoms with E-state index in [0.29, 0.717) is 0 Å². The van der Waals surface area contributed by atoms with Crippen molar-refractivity contribution in [1.29, 1.82) is 0 Å². The highest BCUT2D eigenvalue weighted by Crippen LogP contribution is 2.20. The molecule has 0 unspecified atom stereocenters. The molecule has 0 aliphatic carbocycles. The minimum atomic E-state index is -1.80. The minimum Gasteiger partial charge on any atom is -0.506 e. The molecule has 0 N–H and O–H groups in total. The van der Waals surface area contributed by atoms with Gasteiger partial charge in [-0.1, -0.05) is 183 Å². The number of nitrogens with zero attached hydrogens (tertiary/aromatic N) is 8. The fourth-order valence-corrected chi connectivity index (χ4v) is 10.9. The third-order valence-corrected chi connectivity index (χ3v) is 14.5. The van der Waals surface area contributed by atoms with Crippen LogP contribution in [-0.4, -0.2) is 73.3 Å². The summed E-state index contributed by atoms with van der Waals surface area (Å²) in [5.41, 5.74) is 4.19. The Hall–Kier alpha value is -4.26. The molecule has 0 bridgehead atoms. The van der Waals surface area contributed by atoms with Gasteiger partial charge in [0.15, 0.2) is 0 Å². The average molecular weight is 1060 g/mol. The van der Waals surface area contributed by atoms with Gasteiger partial charge in [-0.25, -0.2) is 0 Å². The van der Waals surface area contributed by atoms with Crippen LogP contribution >= 0.6 is 63.7 Å². The van der Waals surface area contributed by atoms with Gasteiger partial charge in [0, 0.05) is 66.9 Å². The van der Waals surface area contributed by atoms with Crippen LogP contribution in [0.15, 0.2) is 189 Å². The Morgan fingerprint density at radius 3 is 0.683 bits per heavy atom. The van der Waals surface area contributed by atoms with E-state index < -0.39 is 26.5 Å². The summed E-state index contributed by atoms with van der Waals surface area (Å²) in [6.07, 6.45) is 16.4. The molecule has 0 atom stereocenters. The molecule has 12 nitrogen and oxygen atoms in total. The van der Waals surface area contributed by atoms with E-state index in [4.69, 9.17) is 18.6 Å². The highest BCUT2D eigenvalue weighted by molar-refractivity contribution is 9.11. The maximum absolute atomic E-state index is 6.35. The van der Waals surface area contributed by atoms with Gasteiger partial charge >= 0.3 is 26.5 Å². The molecule has 0 fully saturated rings. The van der Waals surface area contributed by atoms with E-state index in [9.17, 15) is 0 Å². The van der Waals surface area contributed by atoms with Gasteiger partial charge < -0.3 is 37.0 Å². The van der Waals surface area contributed by atoms with E-state index in [0.717, 1.165) is 39.7 Å². The monoisotopic (exact) mass is 1060 g/mol. The third kappa shape index (κ3) is 5.86. The lowest BCUT2D eigenvalue weighted by molar-refractivity contribution is -0.727. The molecule has 304 valence electrons. The summed E-state index contributed by atoms with van der Waals surface area (Å²) in [6, 6.07) is 41.1. The first-order valence-electron chi connectivity index (χ1n) is 19.4. The fraction of sp³-hybridized carbons (Fsp3) is 0.100. The molecule has 0 saturated carbocycles. The van der Waals surface area contributed by atoms with Crippen molar-refractivity contribution in [1.82, 2.24) is 18.4 Å². The molecular weight excluding hydrogens is 1020 g/mol. The van der Waals surface area contributed by atoms with Crippen molar-refractivity contribution in [3.05, 3.63) is 189 Å². The largest absolute Gasteiger partial charge is 0.605 e. The average Bonchev–Trinajstić information content (AvgIpc) is 4.13. The Morgan fingerprint density at radius 2 is 0.517 bits per heavy atom. The smallest absolute Gasteiger partial charge is 0.506 e. The van der Waals surface area contributed by atoms with Crippen LogP contribution in [0.4, 0.5) is 0 Å². The molecule has 8 aromatic rings. The van der Waals surface area contributed by atoms with E-state index in [1.807, 2.05) is 122 Å². The molecule has 60 heavy (non-hydrogen) atoms. The SMILES string of the molecule is CO[B@-]1(c2ccc(Br)cc2)n2ccc[n+]2[B@@-](OC)(c2ccc(Br)cc2)n2ccc[n+]21.CO[B@-]1(c2ccc(Br)cc2)n2ccc[n+]2[B@@-](OC)(c2ccc(Br)cc2)n2ccc[n+]21. The highest BCUT2D eigenvalue weighted by atomic mass is 79.9. The first-order valence-corrected chi connectivity index (χ1v) is 22.5. The summed E-state index contributed by atoms with van der Waals surface area (Å²) in [4.78, 5) is 0. The Morgan fingerprint density at radius 1 is 0.333 bits per heavy atom. The van der Waals surface area contributed by atoms with Crippen LogP contribution in [-0.2, 0) is 18.6 Å². The van der Waals surface area contributed by atoms with Crippen molar-refractivity contribution in [2.24, 2.45) is 0 Å². The topological polar surface area (TPSA) is 72.2 Å². The molecule has 4 aromatic carbocycles. The van der Waals surface area contributed by atoms with Crippen LogP contribution in [0, 0.1) is 0 Å². The molecule has 0 amide bonds. The standard InChI is InChI=1S/2C20H20B2Br2N4O2/c2*1-29-21(17-5-9-19(23)10-6-17)25-13-3-15-27(25)22(30-2,28-16-4-14-26(21)28)18-7-11-20(24)12-8-18/h2*3-16H,1-2H3/t2*21-,22+. The second-order valence-corrected chi connectivity index (χ2v) is 18.6. The molecule has 2 aliphatic heterocycles. The van der Waals surface area contributed by atoms with Crippen LogP contribution in [0.1, 0.15) is 0 Å². The molecule has 0 saturated heterocycles. The van der Waals surface area contributed by atoms with Crippen LogP contribution in [0.25, 0.3) is 0 Å². The lowest BCUT2D eigenvalue weighted by Crippen LogP contribution is -2.98. The summed E-state index contributed by atoms with van der Waals surface area (Å²) < 4.78 is 46.7. The number of fused-ring (bicyclic) bond motifs is 4. The maximum Gasteiger partial charge on any atom is 0.605 e. The van der Waals surface area contributed by atoms with Crippen LogP contribution in [0.2, 0.25) is 0 Å². The van der Waals surface area contributed by atoms with Crippen LogP contribution in [0.5, 0.6) is 0 Å². The molecule has 2 aliphatic rings. The van der Waals surface area contributed by atoms with E-state index in [-0.39, 0.29) is 0 Å². The van der Waals surface area contributed by atoms with Crippen molar-refractivity contribution in [2.45, 2.75) is 0 Å². The number of hydrogen-bond donors (Lipinski definition) is 0. The van der Waals surface area contributed by atoms with Gasteiger partial charge in [-0.3, -0.25) is 18.4 Å². The number of halogens is 4. The van der Waals surface area contributed by atoms with Gasteiger partial charge in [0.1, 0.15) is 24.8 Å². The predicted octanol–water partition coefficient (Wildman–Crippen LogP) is 2.96. The van der Waals surface area contributed by atoms with Crippen molar-refractivity contribution in [2.75, 3.05) is 28.4 Å². The molecule has 0 spiro atoms. The molecule has 0 radical (unpaired) electrons. The van der Waals surface area contributed by atoms with E-state index in [1.54, 1.807) is 28.4 Å². The maximum atomic E-state index is 6.35. The Labute approximate surface area is 381 Å². The van der Waals surface area contributed by atoms with Crippen LogP contribution in [0.3, 0.4) is 0 Å². The highest BCUT2D eigenvalue weighted by Gasteiger charge is 2.63. The Bertz CT molecular complexity index is 2340. The summed E-state index contributed by atoms with van der Waals surface area (Å²) in [7, 11) is 7.01. The van der Waals surface area contributed by atoms with E-state index in [2.05, 4.69) is 149 Å². The number of rotatable bonds is 8. The van der Waals surface area contributed by atoms with Gasteiger partial charge in [0.25, 0.3) is 0 Å². The van der Waals surface area contributed by atoms with Crippen molar-refractivity contribution in [3.63, 3.8) is 0 Å². The molecule has 6 heterocycles. The quantitative estimate of drug-likeness (QED) is 0.220. The van der Waals surface area contributed by atoms with Gasteiger partial charge in [0.05, 0.1) is 0 Å². The van der Waals surface area contributed by atoms with Gasteiger partial charge in [-0.15, -0.1) is 0 Å². The second-order valence-electron chi connectivity index (χ2n) is 15.0. The zero-order valence-corrected chi connectivity index (χ0v) is 39.5. The first-order chi connectivity index (χ1) is 29.1. The van der Waals surface area contributed by atoms with E-state index >= 15 is 0 Å². The number of aromatic nitrogens is 8. The summed E-state index contributed by atoms with van der Waals surface area (Å²) in [5, 5.41) is 0. The lowest BCUT2D eigenvalue weighted by atomic mass is 9.52. The molecule has 4 aromatic heterocycles. The van der Waals surface area contributed by atoms with Gasteiger partial charge in [-0.2, -0.15) is 0 Å². The van der Waals surface area contributed by atoms with Crippen molar-refractivity contribution >= 4 is 112 Å². The molecule has 20 heteroatoms. The van der Waals surface area contributed by atoms with Crippen LogP contribution < -0.4 is 40.2 Å². The molecule has 10 rings (SSSR count). The normalized spacial score (nSPS) is 22.5. The van der Waals surface area contributed by atoms with E-state index in [1.165, 1.54) is 0 Å². The van der Waals surface area contributed by atoms with Crippen molar-refractivity contribution in [3.8, 4) is 0 Å². The number of benzene rings is 4. The number of hydrogen-bond acceptors (Lipinski definition) is 4. The lowest BCUT2D eigenvalue weighted by Gasteiger charge is -2.46. The molecular formula is C40H40B4Br4N8O4. The second kappa shape index (κ2) is 15.9. The minimum absolute atomic E-state index is 1.02. The van der Waals surface area contributed by atoms with Gasteiger partial charge in [0.2, 0.25) is 0 Å². The zero-order valence-electron chi connectivity index (χ0n) is 33.2. The zero-order chi connectivity index (χ0) is 41.9. The fourth-order valence-electron chi connectivity index (χ4n) is 9.82. The summed E-state index contributed by atoms with van der Waals surface area (Å²) in [5.74, 6) is 0. The summed E-state index contributed by atoms with van der Waals surface area (Å²) in [6.45, 7) is -7.21. The Kier molecular flexibility index (Phi) is 10.9. The first kappa shape index (κ1) is 41.1. The third-order valence-electron chi connectivity index (χ3n) is 12.4.